The average molecular weight is 429 g/mol. The molecule has 0 aliphatic heterocycles. The number of esters is 1. The van der Waals surface area contributed by atoms with Crippen molar-refractivity contribution in [3.05, 3.63) is 155 Å². The SMILES string of the molecule is COC(=O)C1C(=C(c2ccccc2)c2ccccc2)C1=C(c1ccccc1)c1ccccc1. The van der Waals surface area contributed by atoms with Gasteiger partial charge < -0.3 is 4.74 Å². The van der Waals surface area contributed by atoms with Crippen LogP contribution >= 0.6 is 0 Å². The molecule has 0 unspecified atom stereocenters. The molecule has 0 aromatic heterocycles. The van der Waals surface area contributed by atoms with E-state index in [1.54, 1.807) is 0 Å². The van der Waals surface area contributed by atoms with Crippen molar-refractivity contribution in [3.8, 4) is 0 Å². The Labute approximate surface area is 194 Å². The highest BCUT2D eigenvalue weighted by Gasteiger charge is 2.49. The van der Waals surface area contributed by atoms with E-state index in [0.717, 1.165) is 44.5 Å². The molecule has 0 N–H and O–H groups in total. The van der Waals surface area contributed by atoms with Crippen LogP contribution in [-0.4, -0.2) is 13.1 Å². The molecule has 0 spiro atoms. The molecule has 0 saturated heterocycles. The summed E-state index contributed by atoms with van der Waals surface area (Å²) < 4.78 is 5.27. The van der Waals surface area contributed by atoms with Gasteiger partial charge in [-0.1, -0.05) is 121 Å². The fraction of sp³-hybridized carbons (Fsp3) is 0.0645. The first kappa shape index (κ1) is 20.7. The van der Waals surface area contributed by atoms with Crippen LogP contribution in [0.25, 0.3) is 11.1 Å². The van der Waals surface area contributed by atoms with Gasteiger partial charge in [-0.15, -0.1) is 0 Å². The van der Waals surface area contributed by atoms with Gasteiger partial charge in [-0.25, -0.2) is 0 Å². The first-order chi connectivity index (χ1) is 16.3. The number of hydrogen-bond donors (Lipinski definition) is 0. The van der Waals surface area contributed by atoms with Gasteiger partial charge in [-0.3, -0.25) is 4.79 Å². The fourth-order valence-electron chi connectivity index (χ4n) is 4.51. The second kappa shape index (κ2) is 9.13. The monoisotopic (exact) mass is 428 g/mol. The molecular weight excluding hydrogens is 404 g/mol. The average Bonchev–Trinajstić information content (AvgIpc) is 3.60. The molecule has 1 aliphatic carbocycles. The third kappa shape index (κ3) is 4.04. The van der Waals surface area contributed by atoms with Crippen molar-refractivity contribution in [3.63, 3.8) is 0 Å². The van der Waals surface area contributed by atoms with E-state index < -0.39 is 5.92 Å². The number of ether oxygens (including phenoxy) is 1. The molecule has 4 aromatic carbocycles. The zero-order chi connectivity index (χ0) is 22.6. The van der Waals surface area contributed by atoms with Crippen molar-refractivity contribution in [2.45, 2.75) is 0 Å². The van der Waals surface area contributed by atoms with Gasteiger partial charge in [0.25, 0.3) is 0 Å². The van der Waals surface area contributed by atoms with E-state index in [1.165, 1.54) is 7.11 Å². The Bertz CT molecular complexity index is 1140. The summed E-state index contributed by atoms with van der Waals surface area (Å²) in [4.78, 5) is 13.0. The largest absolute Gasteiger partial charge is 0.468 e. The van der Waals surface area contributed by atoms with Gasteiger partial charge in [0.2, 0.25) is 0 Å². The van der Waals surface area contributed by atoms with Crippen molar-refractivity contribution in [1.82, 2.24) is 0 Å². The third-order valence-corrected chi connectivity index (χ3v) is 6.01. The molecule has 1 saturated carbocycles. The summed E-state index contributed by atoms with van der Waals surface area (Å²) in [5.41, 5.74) is 8.55. The lowest BCUT2D eigenvalue weighted by atomic mass is 9.94. The summed E-state index contributed by atoms with van der Waals surface area (Å²) in [5, 5.41) is 0. The van der Waals surface area contributed by atoms with Gasteiger partial charge in [0.1, 0.15) is 5.92 Å². The van der Waals surface area contributed by atoms with E-state index >= 15 is 0 Å². The van der Waals surface area contributed by atoms with Gasteiger partial charge >= 0.3 is 5.97 Å². The van der Waals surface area contributed by atoms with Crippen LogP contribution in [0.4, 0.5) is 0 Å². The zero-order valence-electron chi connectivity index (χ0n) is 18.4. The molecule has 1 aliphatic rings. The summed E-state index contributed by atoms with van der Waals surface area (Å²) >= 11 is 0. The zero-order valence-corrected chi connectivity index (χ0v) is 18.4. The number of hydrogen-bond acceptors (Lipinski definition) is 2. The maximum Gasteiger partial charge on any atom is 0.317 e. The molecule has 0 atom stereocenters. The summed E-state index contributed by atoms with van der Waals surface area (Å²) in [6.07, 6.45) is 0. The van der Waals surface area contributed by atoms with E-state index in [1.807, 2.05) is 72.8 Å². The van der Waals surface area contributed by atoms with Crippen molar-refractivity contribution >= 4 is 17.1 Å². The highest BCUT2D eigenvalue weighted by Crippen LogP contribution is 2.56. The molecule has 160 valence electrons. The van der Waals surface area contributed by atoms with Crippen LogP contribution in [0.3, 0.4) is 0 Å². The molecular formula is C31H24O2. The van der Waals surface area contributed by atoms with E-state index in [4.69, 9.17) is 4.74 Å². The van der Waals surface area contributed by atoms with Gasteiger partial charge in [0.05, 0.1) is 7.11 Å². The summed E-state index contributed by atoms with van der Waals surface area (Å²) in [5.74, 6) is -0.630. The quantitative estimate of drug-likeness (QED) is 0.327. The van der Waals surface area contributed by atoms with Crippen LogP contribution in [0.2, 0.25) is 0 Å². The van der Waals surface area contributed by atoms with Crippen LogP contribution in [0.15, 0.2) is 132 Å². The first-order valence-electron chi connectivity index (χ1n) is 11.1. The first-order valence-corrected chi connectivity index (χ1v) is 11.1. The van der Waals surface area contributed by atoms with E-state index in [2.05, 4.69) is 48.5 Å². The minimum atomic E-state index is -0.402. The molecule has 5 rings (SSSR count). The normalized spacial score (nSPS) is 14.5. The number of benzene rings is 4. The molecule has 4 aromatic rings. The van der Waals surface area contributed by atoms with Gasteiger partial charge in [-0.05, 0) is 44.5 Å². The standard InChI is InChI=1S/C31H24O2/c1-33-31(32)30-28(26(22-14-6-2-7-15-22)23-16-8-3-9-17-23)29(30)27(24-18-10-4-11-19-24)25-20-12-5-13-21-25/h2-21,30H,1H3. The lowest BCUT2D eigenvalue weighted by molar-refractivity contribution is -0.141. The Morgan fingerprint density at radius 2 is 0.788 bits per heavy atom. The number of methoxy groups -OCH3 is 1. The van der Waals surface area contributed by atoms with Gasteiger partial charge in [-0.2, -0.15) is 0 Å². The van der Waals surface area contributed by atoms with Crippen molar-refractivity contribution < 1.29 is 9.53 Å². The molecule has 33 heavy (non-hydrogen) atoms. The highest BCUT2D eigenvalue weighted by molar-refractivity contribution is 6.07. The maximum atomic E-state index is 13.0. The van der Waals surface area contributed by atoms with Crippen molar-refractivity contribution in [1.29, 1.82) is 0 Å². The second-order valence-electron chi connectivity index (χ2n) is 8.00. The lowest BCUT2D eigenvalue weighted by Crippen LogP contribution is -2.03. The number of carbonyl (C=O) groups is 1. The van der Waals surface area contributed by atoms with Gasteiger partial charge in [0.15, 0.2) is 0 Å². The van der Waals surface area contributed by atoms with Crippen molar-refractivity contribution in [2.24, 2.45) is 5.92 Å². The second-order valence-corrected chi connectivity index (χ2v) is 8.00. The van der Waals surface area contributed by atoms with E-state index in [0.29, 0.717) is 0 Å². The van der Waals surface area contributed by atoms with Crippen LogP contribution in [-0.2, 0) is 9.53 Å². The topological polar surface area (TPSA) is 26.3 Å². The number of carbonyl (C=O) groups excluding carboxylic acids is 1. The smallest absolute Gasteiger partial charge is 0.317 e. The highest BCUT2D eigenvalue weighted by atomic mass is 16.5. The van der Waals surface area contributed by atoms with E-state index in [-0.39, 0.29) is 5.97 Å². The Hall–Kier alpha value is -4.17. The Morgan fingerprint density at radius 3 is 1.03 bits per heavy atom. The lowest BCUT2D eigenvalue weighted by Gasteiger charge is -2.10. The van der Waals surface area contributed by atoms with Crippen LogP contribution in [0.5, 0.6) is 0 Å². The van der Waals surface area contributed by atoms with Gasteiger partial charge in [0, 0.05) is 0 Å². The summed E-state index contributed by atoms with van der Waals surface area (Å²) in [6.45, 7) is 0. The van der Waals surface area contributed by atoms with Crippen LogP contribution in [0.1, 0.15) is 22.3 Å². The minimum Gasteiger partial charge on any atom is -0.468 e. The van der Waals surface area contributed by atoms with E-state index in [9.17, 15) is 4.79 Å². The minimum absolute atomic E-state index is 0.228. The Balaban J connectivity index is 1.85. The predicted molar refractivity (Wildman–Crippen MR) is 133 cm³/mol. The third-order valence-electron chi connectivity index (χ3n) is 6.01. The van der Waals surface area contributed by atoms with Crippen LogP contribution < -0.4 is 0 Å². The maximum absolute atomic E-state index is 13.0. The van der Waals surface area contributed by atoms with Crippen LogP contribution in [0, 0.1) is 5.92 Å². The predicted octanol–water partition coefficient (Wildman–Crippen LogP) is 6.79. The Morgan fingerprint density at radius 1 is 0.515 bits per heavy atom. The molecule has 0 heterocycles. The molecule has 0 amide bonds. The molecule has 2 heteroatoms. The summed E-state index contributed by atoms with van der Waals surface area (Å²) in [6, 6.07) is 41.1. The fourth-order valence-corrected chi connectivity index (χ4v) is 4.51. The number of rotatable bonds is 5. The molecule has 2 nitrogen and oxygen atoms in total. The Kier molecular flexibility index (Phi) is 5.73. The molecule has 0 radical (unpaired) electrons. The van der Waals surface area contributed by atoms with Crippen molar-refractivity contribution in [2.75, 3.05) is 7.11 Å². The summed E-state index contributed by atoms with van der Waals surface area (Å²) in [7, 11) is 1.46. The molecule has 1 fully saturated rings. The molecule has 0 bridgehead atoms.